The Balaban J connectivity index is 1.66. The first kappa shape index (κ1) is 18.4. The highest BCUT2D eigenvalue weighted by Gasteiger charge is 2.10. The third kappa shape index (κ3) is 4.62. The Kier molecular flexibility index (Phi) is 5.90. The largest absolute Gasteiger partial charge is 0.322 e. The highest BCUT2D eigenvalue weighted by Crippen LogP contribution is 2.18. The van der Waals surface area contributed by atoms with Crippen molar-refractivity contribution in [2.45, 2.75) is 0 Å². The summed E-state index contributed by atoms with van der Waals surface area (Å²) in [5.74, 6) is -0.422. The van der Waals surface area contributed by atoms with Crippen LogP contribution in [0.3, 0.4) is 0 Å². The quantitative estimate of drug-likeness (QED) is 0.492. The van der Waals surface area contributed by atoms with E-state index >= 15 is 0 Å². The van der Waals surface area contributed by atoms with E-state index in [-0.39, 0.29) is 11.8 Å². The maximum Gasteiger partial charge on any atom is 0.256 e. The smallest absolute Gasteiger partial charge is 0.256 e. The van der Waals surface area contributed by atoms with Gasteiger partial charge in [0.15, 0.2) is 0 Å². The fourth-order valence-electron chi connectivity index (χ4n) is 2.31. The van der Waals surface area contributed by atoms with E-state index < -0.39 is 0 Å². The number of hydrogen-bond donors (Lipinski definition) is 2. The third-order valence-electron chi connectivity index (χ3n) is 3.61. The first-order valence-corrected chi connectivity index (χ1v) is 9.21. The van der Waals surface area contributed by atoms with Gasteiger partial charge in [0.25, 0.3) is 11.8 Å². The number of carbonyl (C=O) groups excluding carboxylic acids is 2. The molecule has 0 bridgehead atoms. The number of hydrogen-bond acceptors (Lipinski definition) is 2. The summed E-state index contributed by atoms with van der Waals surface area (Å²) in [5.41, 5.74) is 2.37. The Morgan fingerprint density at radius 3 is 2.00 bits per heavy atom. The van der Waals surface area contributed by atoms with Gasteiger partial charge in [0.1, 0.15) is 0 Å². The Labute approximate surface area is 169 Å². The van der Waals surface area contributed by atoms with E-state index in [1.54, 1.807) is 54.6 Å². The molecule has 0 aliphatic heterocycles. The van der Waals surface area contributed by atoms with Crippen molar-refractivity contribution >= 4 is 57.4 Å². The van der Waals surface area contributed by atoms with Crippen LogP contribution < -0.4 is 10.6 Å². The van der Waals surface area contributed by atoms with Gasteiger partial charge < -0.3 is 10.6 Å². The van der Waals surface area contributed by atoms with Crippen molar-refractivity contribution in [1.82, 2.24) is 0 Å². The zero-order chi connectivity index (χ0) is 18.5. The normalized spacial score (nSPS) is 10.2. The van der Waals surface area contributed by atoms with Crippen LogP contribution in [0.15, 0.2) is 72.8 Å². The first-order chi connectivity index (χ1) is 12.5. The minimum atomic E-state index is -0.247. The molecule has 0 fully saturated rings. The molecule has 3 aromatic carbocycles. The number of rotatable bonds is 4. The summed E-state index contributed by atoms with van der Waals surface area (Å²) in [6, 6.07) is 21.0. The molecular formula is C20H14ClIN2O2. The molecule has 3 rings (SSSR count). The minimum absolute atomic E-state index is 0.175. The van der Waals surface area contributed by atoms with Crippen molar-refractivity contribution in [1.29, 1.82) is 0 Å². The predicted molar refractivity (Wildman–Crippen MR) is 113 cm³/mol. The summed E-state index contributed by atoms with van der Waals surface area (Å²) in [6.45, 7) is 0. The molecule has 2 N–H and O–H groups in total. The van der Waals surface area contributed by atoms with Crippen molar-refractivity contribution < 1.29 is 9.59 Å². The van der Waals surface area contributed by atoms with Gasteiger partial charge in [-0.1, -0.05) is 29.8 Å². The molecule has 0 aliphatic rings. The number of amides is 2. The van der Waals surface area contributed by atoms with E-state index in [9.17, 15) is 9.59 Å². The lowest BCUT2D eigenvalue weighted by Crippen LogP contribution is -2.14. The van der Waals surface area contributed by atoms with E-state index in [0.29, 0.717) is 27.5 Å². The van der Waals surface area contributed by atoms with Gasteiger partial charge >= 0.3 is 0 Å². The standard InChI is InChI=1S/C20H14ClIN2O2/c21-14-5-3-4-13(12-14)19(25)23-15-8-10-16(11-9-15)24-20(26)17-6-1-2-7-18(17)22/h1-12H,(H,23,25)(H,24,26). The Hall–Kier alpha value is -2.38. The molecule has 0 heterocycles. The molecule has 130 valence electrons. The van der Waals surface area contributed by atoms with Crippen LogP contribution in [0.5, 0.6) is 0 Å². The second kappa shape index (κ2) is 8.33. The molecule has 26 heavy (non-hydrogen) atoms. The maximum absolute atomic E-state index is 12.3. The van der Waals surface area contributed by atoms with E-state index in [1.165, 1.54) is 0 Å². The second-order valence-corrected chi connectivity index (χ2v) is 7.07. The molecule has 6 heteroatoms. The van der Waals surface area contributed by atoms with Crippen LogP contribution in [0.2, 0.25) is 5.02 Å². The summed E-state index contributed by atoms with van der Waals surface area (Å²) in [5, 5.41) is 6.15. The molecule has 2 amide bonds. The van der Waals surface area contributed by atoms with Crippen LogP contribution in [0, 0.1) is 3.57 Å². The van der Waals surface area contributed by atoms with E-state index in [0.717, 1.165) is 3.57 Å². The van der Waals surface area contributed by atoms with Gasteiger partial charge in [-0.2, -0.15) is 0 Å². The molecule has 0 radical (unpaired) electrons. The maximum atomic E-state index is 12.3. The Morgan fingerprint density at radius 1 is 0.769 bits per heavy atom. The van der Waals surface area contributed by atoms with Crippen LogP contribution in [-0.2, 0) is 0 Å². The van der Waals surface area contributed by atoms with Gasteiger partial charge in [0.05, 0.1) is 5.56 Å². The van der Waals surface area contributed by atoms with Crippen LogP contribution in [0.25, 0.3) is 0 Å². The molecule has 0 unspecified atom stereocenters. The van der Waals surface area contributed by atoms with Gasteiger partial charge in [-0.05, 0) is 77.2 Å². The number of halogens is 2. The zero-order valence-electron chi connectivity index (χ0n) is 13.5. The number of benzene rings is 3. The lowest BCUT2D eigenvalue weighted by Gasteiger charge is -2.09. The Morgan fingerprint density at radius 2 is 1.38 bits per heavy atom. The fourth-order valence-corrected chi connectivity index (χ4v) is 3.14. The van der Waals surface area contributed by atoms with Crippen molar-refractivity contribution in [3.05, 3.63) is 92.5 Å². The summed E-state index contributed by atoms with van der Waals surface area (Å²) < 4.78 is 0.882. The summed E-state index contributed by atoms with van der Waals surface area (Å²) in [4.78, 5) is 24.5. The fraction of sp³-hybridized carbons (Fsp3) is 0. The van der Waals surface area contributed by atoms with Gasteiger partial charge in [0.2, 0.25) is 0 Å². The van der Waals surface area contributed by atoms with Gasteiger partial charge in [-0.3, -0.25) is 9.59 Å². The molecule has 0 atom stereocenters. The first-order valence-electron chi connectivity index (χ1n) is 7.76. The van der Waals surface area contributed by atoms with Gasteiger partial charge in [-0.15, -0.1) is 0 Å². The number of nitrogens with one attached hydrogen (secondary N) is 2. The molecule has 0 aliphatic carbocycles. The SMILES string of the molecule is O=C(Nc1ccc(NC(=O)c2ccccc2I)cc1)c1cccc(Cl)c1. The van der Waals surface area contributed by atoms with Crippen molar-refractivity contribution in [3.8, 4) is 0 Å². The Bertz CT molecular complexity index is 958. The van der Waals surface area contributed by atoms with E-state index in [4.69, 9.17) is 11.6 Å². The van der Waals surface area contributed by atoms with Crippen molar-refractivity contribution in [2.75, 3.05) is 10.6 Å². The minimum Gasteiger partial charge on any atom is -0.322 e. The van der Waals surface area contributed by atoms with Crippen LogP contribution in [0.4, 0.5) is 11.4 Å². The topological polar surface area (TPSA) is 58.2 Å². The van der Waals surface area contributed by atoms with Gasteiger partial charge in [-0.25, -0.2) is 0 Å². The zero-order valence-corrected chi connectivity index (χ0v) is 16.4. The highest BCUT2D eigenvalue weighted by molar-refractivity contribution is 14.1. The number of anilines is 2. The highest BCUT2D eigenvalue weighted by atomic mass is 127. The van der Waals surface area contributed by atoms with E-state index in [2.05, 4.69) is 33.2 Å². The average Bonchev–Trinajstić information content (AvgIpc) is 2.63. The molecule has 0 aromatic heterocycles. The third-order valence-corrected chi connectivity index (χ3v) is 4.78. The number of carbonyl (C=O) groups is 2. The van der Waals surface area contributed by atoms with Crippen molar-refractivity contribution in [2.24, 2.45) is 0 Å². The lowest BCUT2D eigenvalue weighted by molar-refractivity contribution is 0.101. The van der Waals surface area contributed by atoms with Gasteiger partial charge in [0, 0.05) is 25.5 Å². The molecule has 0 saturated carbocycles. The molecule has 3 aromatic rings. The van der Waals surface area contributed by atoms with E-state index in [1.807, 2.05) is 18.2 Å². The summed E-state index contributed by atoms with van der Waals surface area (Å²) in [7, 11) is 0. The molecular weight excluding hydrogens is 463 g/mol. The van der Waals surface area contributed by atoms with Crippen LogP contribution in [-0.4, -0.2) is 11.8 Å². The van der Waals surface area contributed by atoms with Crippen LogP contribution >= 0.6 is 34.2 Å². The molecule has 4 nitrogen and oxygen atoms in total. The van der Waals surface area contributed by atoms with Crippen LogP contribution in [0.1, 0.15) is 20.7 Å². The lowest BCUT2D eigenvalue weighted by atomic mass is 10.2. The monoisotopic (exact) mass is 476 g/mol. The van der Waals surface area contributed by atoms with Crippen molar-refractivity contribution in [3.63, 3.8) is 0 Å². The second-order valence-electron chi connectivity index (χ2n) is 5.48. The average molecular weight is 477 g/mol. The predicted octanol–water partition coefficient (Wildman–Crippen LogP) is 5.45. The summed E-state index contributed by atoms with van der Waals surface area (Å²) in [6.07, 6.45) is 0. The molecule has 0 saturated heterocycles. The molecule has 0 spiro atoms. The summed E-state index contributed by atoms with van der Waals surface area (Å²) >= 11 is 8.03.